The monoisotopic (exact) mass is 498 g/mol. The van der Waals surface area contributed by atoms with Crippen LogP contribution in [0.3, 0.4) is 0 Å². The van der Waals surface area contributed by atoms with E-state index >= 15 is 0 Å². The second-order valence-electron chi connectivity index (χ2n) is 8.71. The number of piperazine rings is 1. The van der Waals surface area contributed by atoms with Crippen LogP contribution in [0.15, 0.2) is 18.3 Å². The summed E-state index contributed by atoms with van der Waals surface area (Å²) >= 11 is 0. The molecule has 0 bridgehead atoms. The molecule has 12 heteroatoms. The maximum atomic E-state index is 12.7. The number of aromatic nitrogens is 4. The van der Waals surface area contributed by atoms with Gasteiger partial charge in [0.25, 0.3) is 0 Å². The summed E-state index contributed by atoms with van der Waals surface area (Å²) in [5, 5.41) is 0. The van der Waals surface area contributed by atoms with Gasteiger partial charge in [0.05, 0.1) is 19.8 Å². The third-order valence-electron chi connectivity index (χ3n) is 6.19. The van der Waals surface area contributed by atoms with Crippen LogP contribution in [-0.4, -0.2) is 95.8 Å². The Bertz CT molecular complexity index is 1020. The van der Waals surface area contributed by atoms with Crippen LogP contribution in [-0.2, 0) is 19.1 Å². The standard InChI is InChI=1S/C24H34N8O4/c1-2-36-21(34)6-4-3-5-20(33)30-9-11-31(12-10-30)23-27-22(18-7-8-19(25)26-17-18)28-24(29-23)32-13-15-35-16-14-32/h7-8,17H,2-6,9-16H2,1H3,(H2,25,26). The van der Waals surface area contributed by atoms with Gasteiger partial charge < -0.3 is 29.9 Å². The molecule has 0 aliphatic carbocycles. The fraction of sp³-hybridized carbons (Fsp3) is 0.583. The van der Waals surface area contributed by atoms with Crippen LogP contribution in [0.5, 0.6) is 0 Å². The first-order valence-electron chi connectivity index (χ1n) is 12.5. The third-order valence-corrected chi connectivity index (χ3v) is 6.19. The summed E-state index contributed by atoms with van der Waals surface area (Å²) in [6.07, 6.45) is 3.78. The van der Waals surface area contributed by atoms with E-state index in [1.165, 1.54) is 0 Å². The van der Waals surface area contributed by atoms with Crippen molar-refractivity contribution in [3.8, 4) is 11.4 Å². The number of carbonyl (C=O) groups is 2. The van der Waals surface area contributed by atoms with E-state index in [4.69, 9.17) is 30.2 Å². The number of anilines is 3. The van der Waals surface area contributed by atoms with Gasteiger partial charge in [0.1, 0.15) is 5.82 Å². The molecule has 1 amide bonds. The SMILES string of the molecule is CCOC(=O)CCCCC(=O)N1CCN(c2nc(-c3ccc(N)nc3)nc(N3CCOCC3)n2)CC1. The largest absolute Gasteiger partial charge is 0.466 e. The van der Waals surface area contributed by atoms with E-state index in [2.05, 4.69) is 14.8 Å². The van der Waals surface area contributed by atoms with Crippen LogP contribution in [0.4, 0.5) is 17.7 Å². The first-order valence-corrected chi connectivity index (χ1v) is 12.5. The molecule has 2 aromatic heterocycles. The lowest BCUT2D eigenvalue weighted by Crippen LogP contribution is -2.49. The first kappa shape index (κ1) is 25.5. The van der Waals surface area contributed by atoms with Crippen molar-refractivity contribution >= 4 is 29.6 Å². The Balaban J connectivity index is 1.39. The van der Waals surface area contributed by atoms with E-state index in [9.17, 15) is 9.59 Å². The summed E-state index contributed by atoms with van der Waals surface area (Å²) in [5.41, 5.74) is 6.52. The minimum atomic E-state index is -0.207. The third kappa shape index (κ3) is 6.78. The molecule has 2 aromatic rings. The number of nitrogens with zero attached hydrogens (tertiary/aromatic N) is 7. The molecule has 194 valence electrons. The summed E-state index contributed by atoms with van der Waals surface area (Å²) in [7, 11) is 0. The van der Waals surface area contributed by atoms with Crippen LogP contribution in [0.1, 0.15) is 32.6 Å². The highest BCUT2D eigenvalue weighted by Gasteiger charge is 2.25. The average molecular weight is 499 g/mol. The number of esters is 1. The van der Waals surface area contributed by atoms with Crippen LogP contribution in [0, 0.1) is 0 Å². The molecule has 0 aromatic carbocycles. The fourth-order valence-electron chi connectivity index (χ4n) is 4.16. The van der Waals surface area contributed by atoms with Crippen molar-refractivity contribution in [1.82, 2.24) is 24.8 Å². The van der Waals surface area contributed by atoms with Crippen molar-refractivity contribution < 1.29 is 19.1 Å². The van der Waals surface area contributed by atoms with Gasteiger partial charge in [-0.05, 0) is 31.9 Å². The van der Waals surface area contributed by atoms with E-state index < -0.39 is 0 Å². The normalized spacial score (nSPS) is 16.2. The van der Waals surface area contributed by atoms with Crippen molar-refractivity contribution in [2.75, 3.05) is 74.6 Å². The van der Waals surface area contributed by atoms with Crippen LogP contribution in [0.25, 0.3) is 11.4 Å². The Kier molecular flexibility index (Phi) is 8.82. The Hall–Kier alpha value is -3.54. The predicted molar refractivity (Wildman–Crippen MR) is 134 cm³/mol. The molecule has 2 aliphatic heterocycles. The van der Waals surface area contributed by atoms with Crippen molar-refractivity contribution in [1.29, 1.82) is 0 Å². The van der Waals surface area contributed by atoms with Crippen molar-refractivity contribution in [3.05, 3.63) is 18.3 Å². The highest BCUT2D eigenvalue weighted by atomic mass is 16.5. The lowest BCUT2D eigenvalue weighted by atomic mass is 10.1. The second-order valence-corrected chi connectivity index (χ2v) is 8.71. The number of rotatable bonds is 9. The number of hydrogen-bond donors (Lipinski definition) is 1. The minimum Gasteiger partial charge on any atom is -0.466 e. The zero-order valence-corrected chi connectivity index (χ0v) is 20.8. The minimum absolute atomic E-state index is 0.108. The van der Waals surface area contributed by atoms with Crippen LogP contribution < -0.4 is 15.5 Å². The molecule has 0 unspecified atom stereocenters. The highest BCUT2D eigenvalue weighted by molar-refractivity contribution is 5.76. The van der Waals surface area contributed by atoms with Gasteiger partial charge in [-0.1, -0.05) is 0 Å². The smallest absolute Gasteiger partial charge is 0.305 e. The van der Waals surface area contributed by atoms with E-state index in [1.807, 2.05) is 11.0 Å². The van der Waals surface area contributed by atoms with E-state index in [0.29, 0.717) is 108 Å². The van der Waals surface area contributed by atoms with Gasteiger partial charge in [-0.2, -0.15) is 15.0 Å². The number of pyridine rings is 1. The molecule has 12 nitrogen and oxygen atoms in total. The summed E-state index contributed by atoms with van der Waals surface area (Å²) < 4.78 is 10.4. The summed E-state index contributed by atoms with van der Waals surface area (Å²) in [4.78, 5) is 48.5. The molecule has 2 saturated heterocycles. The summed E-state index contributed by atoms with van der Waals surface area (Å²) in [6.45, 7) is 7.28. The van der Waals surface area contributed by atoms with E-state index in [1.54, 1.807) is 19.2 Å². The highest BCUT2D eigenvalue weighted by Crippen LogP contribution is 2.23. The molecule has 4 heterocycles. The summed E-state index contributed by atoms with van der Waals surface area (Å²) in [6, 6.07) is 3.58. The van der Waals surface area contributed by atoms with Crippen molar-refractivity contribution in [2.45, 2.75) is 32.6 Å². The fourth-order valence-corrected chi connectivity index (χ4v) is 4.16. The number of morpholine rings is 1. The van der Waals surface area contributed by atoms with Gasteiger partial charge >= 0.3 is 5.97 Å². The molecular formula is C24H34N8O4. The molecule has 2 aliphatic rings. The number of ether oxygens (including phenoxy) is 2. The van der Waals surface area contributed by atoms with Gasteiger partial charge in [0.15, 0.2) is 5.82 Å². The quantitative estimate of drug-likeness (QED) is 0.393. The molecule has 0 saturated carbocycles. The molecule has 2 N–H and O–H groups in total. The van der Waals surface area contributed by atoms with Gasteiger partial charge in [-0.15, -0.1) is 0 Å². The molecule has 0 atom stereocenters. The summed E-state index contributed by atoms with van der Waals surface area (Å²) in [5.74, 6) is 2.06. The average Bonchev–Trinajstić information content (AvgIpc) is 2.92. The first-order chi connectivity index (χ1) is 17.5. The number of carbonyl (C=O) groups excluding carboxylic acids is 2. The van der Waals surface area contributed by atoms with Gasteiger partial charge in [-0.3, -0.25) is 9.59 Å². The maximum Gasteiger partial charge on any atom is 0.305 e. The number of amides is 1. The molecule has 0 spiro atoms. The maximum absolute atomic E-state index is 12.7. The van der Waals surface area contributed by atoms with Gasteiger partial charge in [0, 0.05) is 63.9 Å². The Morgan fingerprint density at radius 1 is 0.944 bits per heavy atom. The number of unbranched alkanes of at least 4 members (excludes halogenated alkanes) is 1. The predicted octanol–water partition coefficient (Wildman–Crippen LogP) is 1.12. The molecule has 36 heavy (non-hydrogen) atoms. The second kappa shape index (κ2) is 12.4. The van der Waals surface area contributed by atoms with Crippen molar-refractivity contribution in [2.24, 2.45) is 0 Å². The van der Waals surface area contributed by atoms with Crippen molar-refractivity contribution in [3.63, 3.8) is 0 Å². The Morgan fingerprint density at radius 3 is 2.25 bits per heavy atom. The van der Waals surface area contributed by atoms with Gasteiger partial charge in [-0.25, -0.2) is 4.98 Å². The lowest BCUT2D eigenvalue weighted by molar-refractivity contribution is -0.143. The van der Waals surface area contributed by atoms with Crippen LogP contribution in [0.2, 0.25) is 0 Å². The number of nitrogen functional groups attached to an aromatic ring is 1. The molecular weight excluding hydrogens is 464 g/mol. The van der Waals surface area contributed by atoms with E-state index in [-0.39, 0.29) is 11.9 Å². The number of nitrogens with two attached hydrogens (primary N) is 1. The zero-order valence-electron chi connectivity index (χ0n) is 20.8. The molecule has 4 rings (SSSR count). The zero-order chi connectivity index (χ0) is 25.3. The number of hydrogen-bond acceptors (Lipinski definition) is 11. The molecule has 2 fully saturated rings. The van der Waals surface area contributed by atoms with Crippen LogP contribution >= 0.6 is 0 Å². The Morgan fingerprint density at radius 2 is 1.61 bits per heavy atom. The Labute approximate surface area is 210 Å². The topological polar surface area (TPSA) is 140 Å². The van der Waals surface area contributed by atoms with Gasteiger partial charge in [0.2, 0.25) is 17.8 Å². The lowest BCUT2D eigenvalue weighted by Gasteiger charge is -2.35. The molecule has 0 radical (unpaired) electrons. The van der Waals surface area contributed by atoms with E-state index in [0.717, 1.165) is 5.56 Å².